The lowest BCUT2D eigenvalue weighted by Crippen LogP contribution is -2.45. The number of amides is 3. The number of carbonyl (C=O) groups is 3. The fraction of sp³-hybridized carbons (Fsp3) is 0.348. The van der Waals surface area contributed by atoms with Gasteiger partial charge in [-0.3, -0.25) is 23.5 Å². The average Bonchev–Trinajstić information content (AvgIpc) is 3.27. The van der Waals surface area contributed by atoms with Crippen LogP contribution in [0.4, 0.5) is 20.2 Å². The summed E-state index contributed by atoms with van der Waals surface area (Å²) in [5.74, 6) is -4.01. The third-order valence-electron chi connectivity index (χ3n) is 5.17. The van der Waals surface area contributed by atoms with Crippen molar-refractivity contribution in [3.8, 4) is 0 Å². The molecule has 7 nitrogen and oxygen atoms in total. The topological polar surface area (TPSA) is 95.6 Å². The molecule has 2 aromatic carbocycles. The van der Waals surface area contributed by atoms with Gasteiger partial charge in [0.05, 0.1) is 5.69 Å². The number of nitrogens with one attached hydrogen (secondary N) is 2. The highest BCUT2D eigenvalue weighted by atomic mass is 32.2. The van der Waals surface area contributed by atoms with Crippen LogP contribution in [0.1, 0.15) is 25.7 Å². The maximum Gasteiger partial charge on any atom is 0.240 e. The first-order chi connectivity index (χ1) is 15.8. The molecule has 0 radical (unpaired) electrons. The lowest BCUT2D eigenvalue weighted by molar-refractivity contribution is -0.123. The largest absolute Gasteiger partial charge is 0.352 e. The van der Waals surface area contributed by atoms with E-state index in [1.165, 1.54) is 42.5 Å². The molecular weight excluding hydrogens is 452 g/mol. The Bertz CT molecular complexity index is 1030. The minimum atomic E-state index is -1.91. The molecule has 1 atom stereocenters. The molecule has 10 heteroatoms. The van der Waals surface area contributed by atoms with Crippen LogP contribution in [0.3, 0.4) is 0 Å². The van der Waals surface area contributed by atoms with E-state index in [1.54, 1.807) is 0 Å². The predicted molar refractivity (Wildman–Crippen MR) is 122 cm³/mol. The molecule has 2 N–H and O–H groups in total. The molecule has 0 aromatic heterocycles. The molecule has 0 bridgehead atoms. The van der Waals surface area contributed by atoms with Gasteiger partial charge in [0, 0.05) is 22.5 Å². The first kappa shape index (κ1) is 24.5. The average molecular weight is 478 g/mol. The van der Waals surface area contributed by atoms with Crippen LogP contribution in [0.2, 0.25) is 0 Å². The minimum Gasteiger partial charge on any atom is -0.352 e. The Kier molecular flexibility index (Phi) is 8.65. The molecule has 33 heavy (non-hydrogen) atoms. The van der Waals surface area contributed by atoms with Crippen molar-refractivity contribution in [2.75, 3.05) is 28.3 Å². The third-order valence-corrected chi connectivity index (χ3v) is 6.32. The Morgan fingerprint density at radius 1 is 0.939 bits per heavy atom. The minimum absolute atomic E-state index is 0.0272. The van der Waals surface area contributed by atoms with Crippen molar-refractivity contribution < 1.29 is 27.4 Å². The van der Waals surface area contributed by atoms with Crippen LogP contribution in [-0.4, -0.2) is 46.0 Å². The molecule has 176 valence electrons. The number of halogens is 2. The first-order valence-electron chi connectivity index (χ1n) is 10.6. The van der Waals surface area contributed by atoms with Crippen LogP contribution in [-0.2, 0) is 25.2 Å². The van der Waals surface area contributed by atoms with E-state index in [2.05, 4.69) is 10.6 Å². The van der Waals surface area contributed by atoms with E-state index in [1.807, 2.05) is 0 Å². The Morgan fingerprint density at radius 3 is 2.27 bits per heavy atom. The summed E-state index contributed by atoms with van der Waals surface area (Å²) in [5.41, 5.74) is 0.220. The summed E-state index contributed by atoms with van der Waals surface area (Å²) in [7, 11) is -1.91. The smallest absolute Gasteiger partial charge is 0.240 e. The van der Waals surface area contributed by atoms with Crippen LogP contribution in [0.5, 0.6) is 0 Å². The summed E-state index contributed by atoms with van der Waals surface area (Å²) >= 11 is 0. The molecule has 2 aromatic rings. The van der Waals surface area contributed by atoms with E-state index in [-0.39, 0.29) is 11.7 Å². The second-order valence-electron chi connectivity index (χ2n) is 7.76. The number of hydrogen-bond acceptors (Lipinski definition) is 4. The summed E-state index contributed by atoms with van der Waals surface area (Å²) in [5, 5.41) is 5.32. The standard InChI is InChI=1S/C23H25F2N3O4S/c24-16-9-11-18(12-10-16)27-22(30)14-33(32)15-23(31)28(20-8-4-3-7-19(20)25)13-21(29)26-17-5-1-2-6-17/h3-4,7-12,17H,1-2,5-6,13-15H2,(H,26,29)(H,27,30)/t33-/m1/s1. The normalized spacial score (nSPS) is 14.5. The number of rotatable bonds is 9. The summed E-state index contributed by atoms with van der Waals surface area (Å²) in [6.45, 7) is -0.421. The zero-order chi connectivity index (χ0) is 23.8. The summed E-state index contributed by atoms with van der Waals surface area (Å²) in [4.78, 5) is 38.4. The highest BCUT2D eigenvalue weighted by molar-refractivity contribution is 7.86. The van der Waals surface area contributed by atoms with Crippen LogP contribution >= 0.6 is 0 Å². The predicted octanol–water partition coefficient (Wildman–Crippen LogP) is 2.74. The van der Waals surface area contributed by atoms with Crippen LogP contribution in [0.25, 0.3) is 0 Å². The molecule has 0 spiro atoms. The lowest BCUT2D eigenvalue weighted by atomic mass is 10.2. The maximum atomic E-state index is 14.4. The van der Waals surface area contributed by atoms with E-state index in [0.717, 1.165) is 36.6 Å². The maximum absolute atomic E-state index is 14.4. The van der Waals surface area contributed by atoms with Crippen LogP contribution in [0, 0.1) is 11.6 Å². The van der Waals surface area contributed by atoms with Gasteiger partial charge in [-0.05, 0) is 49.2 Å². The first-order valence-corrected chi connectivity index (χ1v) is 12.1. The van der Waals surface area contributed by atoms with Crippen molar-refractivity contribution in [2.45, 2.75) is 31.7 Å². The van der Waals surface area contributed by atoms with E-state index >= 15 is 0 Å². The second kappa shape index (κ2) is 11.6. The van der Waals surface area contributed by atoms with Crippen molar-refractivity contribution in [3.05, 3.63) is 60.2 Å². The molecule has 1 aliphatic carbocycles. The van der Waals surface area contributed by atoms with Gasteiger partial charge < -0.3 is 10.6 Å². The zero-order valence-corrected chi connectivity index (χ0v) is 18.7. The molecule has 3 rings (SSSR count). The van der Waals surface area contributed by atoms with Crippen LogP contribution < -0.4 is 15.5 Å². The van der Waals surface area contributed by atoms with Gasteiger partial charge in [0.1, 0.15) is 29.7 Å². The Morgan fingerprint density at radius 2 is 1.61 bits per heavy atom. The molecule has 0 aliphatic heterocycles. The number of benzene rings is 2. The molecular formula is C23H25F2N3O4S. The number of anilines is 2. The Hall–Kier alpha value is -3.14. The van der Waals surface area contributed by atoms with Crippen molar-refractivity contribution in [1.82, 2.24) is 5.32 Å². The number of nitrogens with zero attached hydrogens (tertiary/aromatic N) is 1. The molecule has 0 saturated heterocycles. The summed E-state index contributed by atoms with van der Waals surface area (Å²) in [6, 6.07) is 10.6. The Labute approximate surface area is 193 Å². The Balaban J connectivity index is 1.62. The SMILES string of the molecule is O=C(C[S@@](=O)CC(=O)N(CC(=O)NC1CCCC1)c1ccccc1F)Nc1ccc(F)cc1. The molecule has 1 fully saturated rings. The van der Waals surface area contributed by atoms with E-state index in [4.69, 9.17) is 0 Å². The highest BCUT2D eigenvalue weighted by Gasteiger charge is 2.26. The fourth-order valence-electron chi connectivity index (χ4n) is 3.61. The number of carbonyl (C=O) groups excluding carboxylic acids is 3. The van der Waals surface area contributed by atoms with Gasteiger partial charge in [-0.15, -0.1) is 0 Å². The molecule has 1 saturated carbocycles. The third kappa shape index (κ3) is 7.45. The molecule has 1 aliphatic rings. The summed E-state index contributed by atoms with van der Waals surface area (Å²) < 4.78 is 39.8. The lowest BCUT2D eigenvalue weighted by Gasteiger charge is -2.23. The van der Waals surface area contributed by atoms with Gasteiger partial charge in [0.15, 0.2) is 0 Å². The quantitative estimate of drug-likeness (QED) is 0.581. The zero-order valence-electron chi connectivity index (χ0n) is 17.9. The van der Waals surface area contributed by atoms with Crippen molar-refractivity contribution in [1.29, 1.82) is 0 Å². The van der Waals surface area contributed by atoms with E-state index in [9.17, 15) is 27.4 Å². The molecule has 0 heterocycles. The van der Waals surface area contributed by atoms with Gasteiger partial charge >= 0.3 is 0 Å². The van der Waals surface area contributed by atoms with Gasteiger partial charge in [-0.2, -0.15) is 0 Å². The van der Waals surface area contributed by atoms with Gasteiger partial charge in [-0.1, -0.05) is 25.0 Å². The van der Waals surface area contributed by atoms with E-state index < -0.39 is 58.2 Å². The van der Waals surface area contributed by atoms with Crippen molar-refractivity contribution >= 4 is 39.9 Å². The van der Waals surface area contributed by atoms with Gasteiger partial charge in [0.25, 0.3) is 0 Å². The van der Waals surface area contributed by atoms with Crippen molar-refractivity contribution in [3.63, 3.8) is 0 Å². The highest BCUT2D eigenvalue weighted by Crippen LogP contribution is 2.20. The number of para-hydroxylation sites is 1. The fourth-order valence-corrected chi connectivity index (χ4v) is 4.51. The van der Waals surface area contributed by atoms with Gasteiger partial charge in [-0.25, -0.2) is 8.78 Å². The monoisotopic (exact) mass is 477 g/mol. The number of hydrogen-bond donors (Lipinski definition) is 2. The van der Waals surface area contributed by atoms with Crippen LogP contribution in [0.15, 0.2) is 48.5 Å². The molecule has 0 unspecified atom stereocenters. The van der Waals surface area contributed by atoms with Gasteiger partial charge in [0.2, 0.25) is 17.7 Å². The summed E-state index contributed by atoms with van der Waals surface area (Å²) in [6.07, 6.45) is 3.74. The van der Waals surface area contributed by atoms with Crippen molar-refractivity contribution in [2.24, 2.45) is 0 Å². The second-order valence-corrected chi connectivity index (χ2v) is 9.22. The molecule has 3 amide bonds. The van der Waals surface area contributed by atoms with E-state index in [0.29, 0.717) is 5.69 Å².